The van der Waals surface area contributed by atoms with E-state index in [2.05, 4.69) is 5.10 Å². The third-order valence-electron chi connectivity index (χ3n) is 2.55. The van der Waals surface area contributed by atoms with E-state index in [0.29, 0.717) is 5.69 Å². The van der Waals surface area contributed by atoms with E-state index in [1.54, 1.807) is 19.1 Å². The minimum absolute atomic E-state index is 0.00360. The van der Waals surface area contributed by atoms with Gasteiger partial charge in [0.25, 0.3) is 5.91 Å². The molecule has 1 saturated heterocycles. The van der Waals surface area contributed by atoms with E-state index in [1.807, 2.05) is 18.2 Å². The third kappa shape index (κ3) is 3.00. The average Bonchev–Trinajstić information content (AvgIpc) is 2.72. The lowest BCUT2D eigenvalue weighted by Crippen LogP contribution is -2.31. The highest BCUT2D eigenvalue weighted by atomic mass is 32.1. The molecule has 7 heteroatoms. The first kappa shape index (κ1) is 14.1. The number of para-hydroxylation sites is 1. The maximum atomic E-state index is 12.0. The van der Waals surface area contributed by atoms with Crippen LogP contribution in [0.1, 0.15) is 6.92 Å². The average molecular weight is 291 g/mol. The Morgan fingerprint density at radius 3 is 2.80 bits per heavy atom. The number of esters is 1. The van der Waals surface area contributed by atoms with Crippen molar-refractivity contribution in [1.29, 1.82) is 0 Å². The molecular weight excluding hydrogens is 278 g/mol. The number of thiocarbonyl (C=S) groups is 1. The second-order valence-corrected chi connectivity index (χ2v) is 4.27. The van der Waals surface area contributed by atoms with Crippen LogP contribution in [0.4, 0.5) is 5.69 Å². The molecule has 104 valence electrons. The minimum atomic E-state index is -0.569. The molecule has 6 nitrogen and oxygen atoms in total. The van der Waals surface area contributed by atoms with E-state index >= 15 is 0 Å². The van der Waals surface area contributed by atoms with Crippen molar-refractivity contribution < 1.29 is 14.3 Å². The molecule has 0 aromatic heterocycles. The molecule has 2 rings (SSSR count). The SMILES string of the molecule is CCOC(=O)/C=N/N1CC(=O)N(c2ccccc2)C1=S. The quantitative estimate of drug-likeness (QED) is 0.473. The zero-order chi connectivity index (χ0) is 14.5. The molecular formula is C13H13N3O3S. The standard InChI is InChI=1S/C13H13N3O3S/c1-2-19-12(18)8-14-15-9-11(17)16(13(15)20)10-6-4-3-5-7-10/h3-8H,2,9H2,1H3/b14-8+. The highest BCUT2D eigenvalue weighted by Gasteiger charge is 2.33. The van der Waals surface area contributed by atoms with Crippen molar-refractivity contribution in [3.05, 3.63) is 30.3 Å². The molecule has 0 atom stereocenters. The Balaban J connectivity index is 2.11. The van der Waals surface area contributed by atoms with E-state index < -0.39 is 5.97 Å². The van der Waals surface area contributed by atoms with Crippen LogP contribution in [-0.2, 0) is 14.3 Å². The van der Waals surface area contributed by atoms with Crippen LogP contribution < -0.4 is 4.90 Å². The molecule has 0 aliphatic carbocycles. The summed E-state index contributed by atoms with van der Waals surface area (Å²) in [4.78, 5) is 24.6. The number of benzene rings is 1. The van der Waals surface area contributed by atoms with Gasteiger partial charge in [-0.1, -0.05) is 18.2 Å². The largest absolute Gasteiger partial charge is 0.462 e. The number of anilines is 1. The number of hydrazone groups is 1. The van der Waals surface area contributed by atoms with E-state index in [9.17, 15) is 9.59 Å². The number of carbonyl (C=O) groups is 2. The van der Waals surface area contributed by atoms with Crippen LogP contribution in [0.2, 0.25) is 0 Å². The molecule has 1 fully saturated rings. The molecule has 1 aromatic rings. The number of carbonyl (C=O) groups excluding carboxylic acids is 2. The van der Waals surface area contributed by atoms with Gasteiger partial charge in [-0.3, -0.25) is 9.69 Å². The van der Waals surface area contributed by atoms with E-state index in [0.717, 1.165) is 6.21 Å². The molecule has 1 aromatic carbocycles. The summed E-state index contributed by atoms with van der Waals surface area (Å²) >= 11 is 5.20. The summed E-state index contributed by atoms with van der Waals surface area (Å²) in [6, 6.07) is 9.04. The number of nitrogens with zero attached hydrogens (tertiary/aromatic N) is 3. The highest BCUT2D eigenvalue weighted by Crippen LogP contribution is 2.21. The lowest BCUT2D eigenvalue weighted by atomic mass is 10.3. The molecule has 0 spiro atoms. The monoisotopic (exact) mass is 291 g/mol. The van der Waals surface area contributed by atoms with E-state index in [1.165, 1.54) is 9.91 Å². The van der Waals surface area contributed by atoms with Gasteiger partial charge in [-0.15, -0.1) is 0 Å². The predicted octanol–water partition coefficient (Wildman–Crippen LogP) is 1.17. The van der Waals surface area contributed by atoms with Gasteiger partial charge in [0.1, 0.15) is 12.8 Å². The normalized spacial score (nSPS) is 15.2. The fourth-order valence-electron chi connectivity index (χ4n) is 1.71. The smallest absolute Gasteiger partial charge is 0.351 e. The first-order valence-electron chi connectivity index (χ1n) is 6.03. The fraction of sp³-hybridized carbons (Fsp3) is 0.231. The van der Waals surface area contributed by atoms with Crippen molar-refractivity contribution in [1.82, 2.24) is 5.01 Å². The van der Waals surface area contributed by atoms with Crippen molar-refractivity contribution in [2.45, 2.75) is 6.92 Å². The van der Waals surface area contributed by atoms with Crippen LogP contribution in [0.3, 0.4) is 0 Å². The van der Waals surface area contributed by atoms with Crippen LogP contribution in [0.5, 0.6) is 0 Å². The van der Waals surface area contributed by atoms with Crippen molar-refractivity contribution in [3.63, 3.8) is 0 Å². The minimum Gasteiger partial charge on any atom is -0.462 e. The third-order valence-corrected chi connectivity index (χ3v) is 2.94. The van der Waals surface area contributed by atoms with Gasteiger partial charge in [0.15, 0.2) is 0 Å². The van der Waals surface area contributed by atoms with Crippen molar-refractivity contribution in [3.8, 4) is 0 Å². The molecule has 1 amide bonds. The fourth-order valence-corrected chi connectivity index (χ4v) is 2.03. The zero-order valence-corrected chi connectivity index (χ0v) is 11.7. The second-order valence-electron chi connectivity index (χ2n) is 3.90. The van der Waals surface area contributed by atoms with Gasteiger partial charge < -0.3 is 4.74 Å². The maximum Gasteiger partial charge on any atom is 0.351 e. The molecule has 1 aliphatic rings. The molecule has 1 heterocycles. The van der Waals surface area contributed by atoms with Gasteiger partial charge in [-0.25, -0.2) is 9.80 Å². The predicted molar refractivity (Wildman–Crippen MR) is 78.4 cm³/mol. The molecule has 1 aliphatic heterocycles. The van der Waals surface area contributed by atoms with Crippen LogP contribution in [-0.4, -0.2) is 41.4 Å². The van der Waals surface area contributed by atoms with Crippen LogP contribution in [0.15, 0.2) is 35.4 Å². The number of amides is 1. The number of hydrogen-bond acceptors (Lipinski definition) is 5. The van der Waals surface area contributed by atoms with Crippen LogP contribution in [0, 0.1) is 0 Å². The molecule has 20 heavy (non-hydrogen) atoms. The molecule has 0 bridgehead atoms. The summed E-state index contributed by atoms with van der Waals surface area (Å²) in [5, 5.41) is 5.41. The summed E-state index contributed by atoms with van der Waals surface area (Å²) in [6.07, 6.45) is 1.01. The van der Waals surface area contributed by atoms with Gasteiger partial charge in [-0.05, 0) is 31.3 Å². The number of hydrogen-bond donors (Lipinski definition) is 0. The summed E-state index contributed by atoms with van der Waals surface area (Å²) in [7, 11) is 0. The van der Waals surface area contributed by atoms with Gasteiger partial charge in [-0.2, -0.15) is 5.10 Å². The first-order valence-corrected chi connectivity index (χ1v) is 6.44. The summed E-state index contributed by atoms with van der Waals surface area (Å²) in [5.41, 5.74) is 0.677. The second kappa shape index (κ2) is 6.25. The summed E-state index contributed by atoms with van der Waals surface area (Å²) in [6.45, 7) is 1.97. The van der Waals surface area contributed by atoms with Gasteiger partial charge in [0.05, 0.1) is 12.3 Å². The van der Waals surface area contributed by atoms with Gasteiger partial charge >= 0.3 is 5.97 Å². The zero-order valence-electron chi connectivity index (χ0n) is 10.9. The van der Waals surface area contributed by atoms with E-state index in [4.69, 9.17) is 17.0 Å². The summed E-state index contributed by atoms with van der Waals surface area (Å²) < 4.78 is 4.72. The van der Waals surface area contributed by atoms with Crippen LogP contribution in [0.25, 0.3) is 0 Å². The van der Waals surface area contributed by atoms with Crippen LogP contribution >= 0.6 is 12.2 Å². The van der Waals surface area contributed by atoms with Crippen molar-refractivity contribution >= 4 is 41.1 Å². The summed E-state index contributed by atoms with van der Waals surface area (Å²) in [5.74, 6) is -0.761. The van der Waals surface area contributed by atoms with Gasteiger partial charge in [0.2, 0.25) is 5.11 Å². The Hall–Kier alpha value is -2.28. The molecule has 0 radical (unpaired) electrons. The maximum absolute atomic E-state index is 12.0. The Kier molecular flexibility index (Phi) is 4.41. The van der Waals surface area contributed by atoms with E-state index in [-0.39, 0.29) is 24.2 Å². The first-order chi connectivity index (χ1) is 9.63. The lowest BCUT2D eigenvalue weighted by molar-refractivity contribution is -0.134. The number of rotatable bonds is 4. The Bertz CT molecular complexity index is 559. The highest BCUT2D eigenvalue weighted by molar-refractivity contribution is 7.80. The van der Waals surface area contributed by atoms with Crippen molar-refractivity contribution in [2.24, 2.45) is 5.10 Å². The Labute approximate surface area is 121 Å². The molecule has 0 saturated carbocycles. The Morgan fingerprint density at radius 1 is 1.45 bits per heavy atom. The number of ether oxygens (including phenoxy) is 1. The Morgan fingerprint density at radius 2 is 2.15 bits per heavy atom. The topological polar surface area (TPSA) is 62.2 Å². The molecule has 0 N–H and O–H groups in total. The molecule has 0 unspecified atom stereocenters. The lowest BCUT2D eigenvalue weighted by Gasteiger charge is -2.16. The van der Waals surface area contributed by atoms with Crippen molar-refractivity contribution in [2.75, 3.05) is 18.1 Å². The van der Waals surface area contributed by atoms with Gasteiger partial charge in [0, 0.05) is 0 Å².